The molecule has 2 aromatic carbocycles. The van der Waals surface area contributed by atoms with Gasteiger partial charge < -0.3 is 5.32 Å². The molecule has 3 heteroatoms. The van der Waals surface area contributed by atoms with E-state index in [2.05, 4.69) is 48.0 Å². The summed E-state index contributed by atoms with van der Waals surface area (Å²) >= 11 is 1.71. The average Bonchev–Trinajstić information content (AvgIpc) is 2.90. The van der Waals surface area contributed by atoms with Gasteiger partial charge in [0, 0.05) is 10.9 Å². The van der Waals surface area contributed by atoms with Crippen LogP contribution in [0.2, 0.25) is 0 Å². The Morgan fingerprint density at radius 2 is 1.71 bits per heavy atom. The van der Waals surface area contributed by atoms with E-state index >= 15 is 0 Å². The summed E-state index contributed by atoms with van der Waals surface area (Å²) in [5.41, 5.74) is 3.81. The van der Waals surface area contributed by atoms with Gasteiger partial charge in [0.2, 0.25) is 5.91 Å². The van der Waals surface area contributed by atoms with Crippen LogP contribution in [0.5, 0.6) is 0 Å². The summed E-state index contributed by atoms with van der Waals surface area (Å²) < 4.78 is 0. The molecule has 0 unspecified atom stereocenters. The first kappa shape index (κ1) is 14.2. The summed E-state index contributed by atoms with van der Waals surface area (Å²) in [6, 6.07) is 16.9. The van der Waals surface area contributed by atoms with E-state index in [4.69, 9.17) is 0 Å². The average molecular weight is 297 g/mol. The molecule has 1 aliphatic carbocycles. The molecule has 0 heterocycles. The molecule has 3 rings (SSSR count). The molecule has 1 N–H and O–H groups in total. The molecule has 108 valence electrons. The Hall–Kier alpha value is -1.74. The summed E-state index contributed by atoms with van der Waals surface area (Å²) in [5, 5.41) is 3.16. The highest BCUT2D eigenvalue weighted by Gasteiger charge is 2.22. The minimum Gasteiger partial charge on any atom is -0.352 e. The number of hydrogen-bond donors (Lipinski definition) is 1. The number of fused-ring (bicyclic) bond motifs is 1. The Labute approximate surface area is 130 Å². The number of benzene rings is 2. The number of hydrogen-bond acceptors (Lipinski definition) is 2. The summed E-state index contributed by atoms with van der Waals surface area (Å²) in [6.07, 6.45) is 4.42. The Kier molecular flexibility index (Phi) is 4.30. The zero-order valence-electron chi connectivity index (χ0n) is 12.1. The third kappa shape index (κ3) is 3.48. The van der Waals surface area contributed by atoms with Gasteiger partial charge in [-0.05, 0) is 47.9 Å². The molecule has 2 aromatic rings. The van der Waals surface area contributed by atoms with Gasteiger partial charge in [-0.2, -0.15) is 0 Å². The summed E-state index contributed by atoms with van der Waals surface area (Å²) in [5.74, 6) is 0.115. The molecule has 21 heavy (non-hydrogen) atoms. The highest BCUT2D eigenvalue weighted by atomic mass is 32.2. The normalized spacial score (nSPS) is 14.0. The van der Waals surface area contributed by atoms with Crippen molar-refractivity contribution < 1.29 is 4.79 Å². The van der Waals surface area contributed by atoms with Gasteiger partial charge in [0.25, 0.3) is 0 Å². The van der Waals surface area contributed by atoms with Crippen LogP contribution in [-0.2, 0) is 24.1 Å². The molecule has 0 aromatic heterocycles. The van der Waals surface area contributed by atoms with Crippen molar-refractivity contribution in [3.05, 3.63) is 65.2 Å². The fourth-order valence-corrected chi connectivity index (χ4v) is 3.28. The maximum absolute atomic E-state index is 12.2. The first-order valence-electron chi connectivity index (χ1n) is 7.23. The summed E-state index contributed by atoms with van der Waals surface area (Å²) in [4.78, 5) is 13.4. The molecular weight excluding hydrogens is 278 g/mol. The topological polar surface area (TPSA) is 29.1 Å². The molecule has 1 aliphatic rings. The van der Waals surface area contributed by atoms with Crippen LogP contribution >= 0.6 is 11.8 Å². The van der Waals surface area contributed by atoms with Crippen LogP contribution in [0, 0.1) is 0 Å². The molecule has 0 bridgehead atoms. The van der Waals surface area contributed by atoms with Crippen LogP contribution in [0.3, 0.4) is 0 Å². The number of rotatable bonds is 4. The van der Waals surface area contributed by atoms with Gasteiger partial charge in [0.05, 0.1) is 6.42 Å². The van der Waals surface area contributed by atoms with Crippen LogP contribution in [0.25, 0.3) is 0 Å². The van der Waals surface area contributed by atoms with Gasteiger partial charge >= 0.3 is 0 Å². The lowest BCUT2D eigenvalue weighted by molar-refractivity contribution is -0.121. The van der Waals surface area contributed by atoms with Gasteiger partial charge in [-0.25, -0.2) is 0 Å². The van der Waals surface area contributed by atoms with E-state index in [1.54, 1.807) is 11.8 Å². The predicted octanol–water partition coefficient (Wildman–Crippen LogP) is 3.23. The second-order valence-electron chi connectivity index (χ2n) is 5.47. The number of thioether (sulfide) groups is 1. The molecule has 0 radical (unpaired) electrons. The van der Waals surface area contributed by atoms with Crippen molar-refractivity contribution in [1.29, 1.82) is 0 Å². The first-order valence-corrected chi connectivity index (χ1v) is 8.46. The quantitative estimate of drug-likeness (QED) is 0.878. The predicted molar refractivity (Wildman–Crippen MR) is 87.7 cm³/mol. The lowest BCUT2D eigenvalue weighted by atomic mass is 10.1. The number of carbonyl (C=O) groups excluding carboxylic acids is 1. The minimum atomic E-state index is 0.115. The van der Waals surface area contributed by atoms with Crippen molar-refractivity contribution in [1.82, 2.24) is 5.32 Å². The summed E-state index contributed by atoms with van der Waals surface area (Å²) in [6.45, 7) is 0. The zero-order valence-corrected chi connectivity index (χ0v) is 13.0. The zero-order chi connectivity index (χ0) is 14.7. The van der Waals surface area contributed by atoms with Gasteiger partial charge in [0.15, 0.2) is 0 Å². The van der Waals surface area contributed by atoms with Gasteiger partial charge in [-0.1, -0.05) is 36.4 Å². The van der Waals surface area contributed by atoms with E-state index in [-0.39, 0.29) is 11.9 Å². The fraction of sp³-hybridized carbons (Fsp3) is 0.278. The third-order valence-electron chi connectivity index (χ3n) is 3.94. The molecule has 0 saturated carbocycles. The van der Waals surface area contributed by atoms with Crippen LogP contribution in [0.4, 0.5) is 0 Å². The Morgan fingerprint density at radius 3 is 2.29 bits per heavy atom. The van der Waals surface area contributed by atoms with Gasteiger partial charge in [-0.3, -0.25) is 4.79 Å². The smallest absolute Gasteiger partial charge is 0.224 e. The highest BCUT2D eigenvalue weighted by Crippen LogP contribution is 2.21. The molecule has 0 fully saturated rings. The van der Waals surface area contributed by atoms with Crippen molar-refractivity contribution in [3.8, 4) is 0 Å². The van der Waals surface area contributed by atoms with Gasteiger partial charge in [0.1, 0.15) is 0 Å². The number of nitrogens with one attached hydrogen (secondary N) is 1. The molecule has 2 nitrogen and oxygen atoms in total. The SMILES string of the molecule is CSc1ccc(CC(=O)NC2Cc3ccccc3C2)cc1. The van der Waals surface area contributed by atoms with Crippen LogP contribution in [-0.4, -0.2) is 18.2 Å². The maximum atomic E-state index is 12.2. The molecule has 1 amide bonds. The number of amides is 1. The minimum absolute atomic E-state index is 0.115. The van der Waals surface area contributed by atoms with Crippen LogP contribution in [0.15, 0.2) is 53.4 Å². The van der Waals surface area contributed by atoms with Crippen molar-refractivity contribution in [2.24, 2.45) is 0 Å². The lowest BCUT2D eigenvalue weighted by Crippen LogP contribution is -2.36. The van der Waals surface area contributed by atoms with E-state index in [0.717, 1.165) is 18.4 Å². The first-order chi connectivity index (χ1) is 10.2. The molecule has 0 aliphatic heterocycles. The molecule has 0 atom stereocenters. The molecule has 0 spiro atoms. The Morgan fingerprint density at radius 1 is 1.10 bits per heavy atom. The third-order valence-corrected chi connectivity index (χ3v) is 4.68. The molecular formula is C18H19NOS. The Bertz CT molecular complexity index is 611. The molecule has 0 saturated heterocycles. The second-order valence-corrected chi connectivity index (χ2v) is 6.35. The highest BCUT2D eigenvalue weighted by molar-refractivity contribution is 7.98. The van der Waals surface area contributed by atoms with Gasteiger partial charge in [-0.15, -0.1) is 11.8 Å². The van der Waals surface area contributed by atoms with Crippen LogP contribution < -0.4 is 5.32 Å². The van der Waals surface area contributed by atoms with E-state index in [0.29, 0.717) is 6.42 Å². The second kappa shape index (κ2) is 6.35. The monoisotopic (exact) mass is 297 g/mol. The largest absolute Gasteiger partial charge is 0.352 e. The summed E-state index contributed by atoms with van der Waals surface area (Å²) in [7, 11) is 0. The maximum Gasteiger partial charge on any atom is 0.224 e. The van der Waals surface area contributed by atoms with Crippen LogP contribution in [0.1, 0.15) is 16.7 Å². The lowest BCUT2D eigenvalue weighted by Gasteiger charge is -2.12. The number of carbonyl (C=O) groups is 1. The van der Waals surface area contributed by atoms with Crippen molar-refractivity contribution in [2.45, 2.75) is 30.2 Å². The van der Waals surface area contributed by atoms with E-state index < -0.39 is 0 Å². The van der Waals surface area contributed by atoms with Crippen molar-refractivity contribution >= 4 is 17.7 Å². The fourth-order valence-electron chi connectivity index (χ4n) is 2.87. The van der Waals surface area contributed by atoms with Crippen molar-refractivity contribution in [3.63, 3.8) is 0 Å². The van der Waals surface area contributed by atoms with E-state index in [9.17, 15) is 4.79 Å². The Balaban J connectivity index is 1.55. The standard InChI is InChI=1S/C18H19NOS/c1-21-17-8-6-13(7-9-17)10-18(20)19-16-11-14-4-2-3-5-15(14)12-16/h2-9,16H,10-12H2,1H3,(H,19,20). The van der Waals surface area contributed by atoms with E-state index in [1.165, 1.54) is 16.0 Å². The van der Waals surface area contributed by atoms with Crippen molar-refractivity contribution in [2.75, 3.05) is 6.26 Å². The van der Waals surface area contributed by atoms with E-state index in [1.807, 2.05) is 12.1 Å².